The van der Waals surface area contributed by atoms with Crippen molar-refractivity contribution in [3.63, 3.8) is 0 Å². The van der Waals surface area contributed by atoms with Gasteiger partial charge in [-0.05, 0) is 24.7 Å². The molecule has 0 radical (unpaired) electrons. The fraction of sp³-hybridized carbons (Fsp3) is 1.00. The Morgan fingerprint density at radius 3 is 2.53 bits per heavy atom. The van der Waals surface area contributed by atoms with Gasteiger partial charge in [-0.3, -0.25) is 0 Å². The molecule has 90 valence electrons. The van der Waals surface area contributed by atoms with Crippen LogP contribution in [0.3, 0.4) is 0 Å². The molecule has 1 fully saturated rings. The van der Waals surface area contributed by atoms with Gasteiger partial charge in [-0.15, -0.1) is 0 Å². The van der Waals surface area contributed by atoms with E-state index in [0.29, 0.717) is 12.0 Å². The molecule has 0 bridgehead atoms. The molecule has 3 unspecified atom stereocenters. The van der Waals surface area contributed by atoms with Crippen molar-refractivity contribution in [2.24, 2.45) is 11.8 Å². The first-order chi connectivity index (χ1) is 7.22. The Labute approximate surface area is 93.2 Å². The van der Waals surface area contributed by atoms with E-state index in [-0.39, 0.29) is 12.6 Å². The van der Waals surface area contributed by atoms with Crippen LogP contribution in [-0.4, -0.2) is 37.5 Å². The fourth-order valence-corrected chi connectivity index (χ4v) is 1.95. The van der Waals surface area contributed by atoms with Gasteiger partial charge >= 0.3 is 0 Å². The van der Waals surface area contributed by atoms with E-state index in [1.54, 1.807) is 7.11 Å². The summed E-state index contributed by atoms with van der Waals surface area (Å²) in [5.74, 6) is 1.29. The van der Waals surface area contributed by atoms with Gasteiger partial charge in [0, 0.05) is 19.2 Å². The molecular weight excluding hydrogens is 190 g/mol. The Balaban J connectivity index is 2.39. The monoisotopic (exact) mass is 215 g/mol. The summed E-state index contributed by atoms with van der Waals surface area (Å²) >= 11 is 0. The Bertz CT molecular complexity index is 171. The van der Waals surface area contributed by atoms with Crippen molar-refractivity contribution in [2.45, 2.75) is 45.2 Å². The highest BCUT2D eigenvalue weighted by atomic mass is 16.5. The molecule has 0 aliphatic heterocycles. The van der Waals surface area contributed by atoms with Crippen LogP contribution in [0.5, 0.6) is 0 Å². The molecule has 3 atom stereocenters. The lowest BCUT2D eigenvalue weighted by Crippen LogP contribution is -2.47. The highest BCUT2D eigenvalue weighted by Gasteiger charge is 2.33. The number of hydrogen-bond acceptors (Lipinski definition) is 3. The van der Waals surface area contributed by atoms with Gasteiger partial charge in [0.25, 0.3) is 0 Å². The van der Waals surface area contributed by atoms with Crippen molar-refractivity contribution < 1.29 is 9.84 Å². The molecule has 1 aliphatic carbocycles. The summed E-state index contributed by atoms with van der Waals surface area (Å²) in [6.45, 7) is 5.33. The summed E-state index contributed by atoms with van der Waals surface area (Å²) in [6.07, 6.45) is 3.71. The molecule has 3 nitrogen and oxygen atoms in total. The van der Waals surface area contributed by atoms with Crippen LogP contribution >= 0.6 is 0 Å². The van der Waals surface area contributed by atoms with Gasteiger partial charge in [0.1, 0.15) is 0 Å². The lowest BCUT2D eigenvalue weighted by atomic mass is 9.98. The van der Waals surface area contributed by atoms with E-state index in [9.17, 15) is 5.11 Å². The minimum absolute atomic E-state index is 0.218. The molecule has 2 N–H and O–H groups in total. The van der Waals surface area contributed by atoms with Crippen LogP contribution < -0.4 is 5.32 Å². The maximum atomic E-state index is 9.34. The van der Waals surface area contributed by atoms with Crippen molar-refractivity contribution in [3.05, 3.63) is 0 Å². The van der Waals surface area contributed by atoms with E-state index in [4.69, 9.17) is 4.74 Å². The van der Waals surface area contributed by atoms with Crippen LogP contribution in [0.1, 0.15) is 33.1 Å². The number of aliphatic hydroxyl groups is 1. The van der Waals surface area contributed by atoms with Gasteiger partial charge in [-0.1, -0.05) is 20.3 Å². The first-order valence-electron chi connectivity index (χ1n) is 6.08. The smallest absolute Gasteiger partial charge is 0.0618 e. The van der Waals surface area contributed by atoms with Gasteiger partial charge in [0.05, 0.1) is 13.2 Å². The number of rotatable bonds is 8. The van der Waals surface area contributed by atoms with E-state index < -0.39 is 0 Å². The highest BCUT2D eigenvalue weighted by molar-refractivity contribution is 4.89. The highest BCUT2D eigenvalue weighted by Crippen LogP contribution is 2.33. The number of nitrogens with one attached hydrogen (secondary N) is 1. The topological polar surface area (TPSA) is 41.5 Å². The second-order valence-electron chi connectivity index (χ2n) is 4.74. The zero-order valence-electron chi connectivity index (χ0n) is 10.2. The van der Waals surface area contributed by atoms with Crippen molar-refractivity contribution in [1.82, 2.24) is 5.32 Å². The molecular formula is C12H25NO2. The van der Waals surface area contributed by atoms with E-state index in [1.807, 2.05) is 0 Å². The van der Waals surface area contributed by atoms with Gasteiger partial charge in [0.2, 0.25) is 0 Å². The molecule has 3 heteroatoms. The summed E-state index contributed by atoms with van der Waals surface area (Å²) in [6, 6.07) is 0.650. The van der Waals surface area contributed by atoms with Crippen molar-refractivity contribution in [1.29, 1.82) is 0 Å². The van der Waals surface area contributed by atoms with Crippen LogP contribution in [0.15, 0.2) is 0 Å². The summed E-state index contributed by atoms with van der Waals surface area (Å²) in [5, 5.41) is 12.9. The van der Waals surface area contributed by atoms with E-state index in [2.05, 4.69) is 19.2 Å². The zero-order chi connectivity index (χ0) is 11.3. The molecule has 1 aliphatic rings. The lowest BCUT2D eigenvalue weighted by molar-refractivity contribution is 0.126. The quantitative estimate of drug-likeness (QED) is 0.643. The zero-order valence-corrected chi connectivity index (χ0v) is 10.2. The van der Waals surface area contributed by atoms with E-state index >= 15 is 0 Å². The van der Waals surface area contributed by atoms with Gasteiger partial charge in [-0.25, -0.2) is 0 Å². The Morgan fingerprint density at radius 1 is 1.47 bits per heavy atom. The van der Waals surface area contributed by atoms with Crippen LogP contribution in [0.4, 0.5) is 0 Å². The standard InChI is InChI=1S/C12H25NO2/c1-4-9(2)11(7-14)13-12(8-15-3)10-5-6-10/h9-14H,4-8H2,1-3H3. The molecule has 0 amide bonds. The summed E-state index contributed by atoms with van der Waals surface area (Å²) in [7, 11) is 1.74. The van der Waals surface area contributed by atoms with E-state index in [0.717, 1.165) is 18.9 Å². The molecule has 1 rings (SSSR count). The van der Waals surface area contributed by atoms with Crippen LogP contribution in [0.25, 0.3) is 0 Å². The summed E-state index contributed by atoms with van der Waals surface area (Å²) < 4.78 is 5.22. The predicted molar refractivity (Wildman–Crippen MR) is 61.9 cm³/mol. The lowest BCUT2D eigenvalue weighted by Gasteiger charge is -2.28. The number of hydrogen-bond donors (Lipinski definition) is 2. The molecule has 1 saturated carbocycles. The van der Waals surface area contributed by atoms with Gasteiger partial charge in [-0.2, -0.15) is 0 Å². The molecule has 0 spiro atoms. The van der Waals surface area contributed by atoms with Crippen molar-refractivity contribution >= 4 is 0 Å². The molecule has 0 heterocycles. The number of methoxy groups -OCH3 is 1. The molecule has 0 aromatic rings. The SMILES string of the molecule is CCC(C)C(CO)NC(COC)C1CC1. The third-order valence-electron chi connectivity index (χ3n) is 3.49. The third kappa shape index (κ3) is 4.09. The van der Waals surface area contributed by atoms with E-state index in [1.165, 1.54) is 12.8 Å². The first-order valence-corrected chi connectivity index (χ1v) is 6.08. The molecule has 15 heavy (non-hydrogen) atoms. The molecule has 0 aromatic carbocycles. The van der Waals surface area contributed by atoms with Crippen molar-refractivity contribution in [3.8, 4) is 0 Å². The third-order valence-corrected chi connectivity index (χ3v) is 3.49. The summed E-state index contributed by atoms with van der Waals surface area (Å²) in [5.41, 5.74) is 0. The first kappa shape index (κ1) is 12.9. The second-order valence-corrected chi connectivity index (χ2v) is 4.74. The second kappa shape index (κ2) is 6.46. The van der Waals surface area contributed by atoms with Crippen LogP contribution in [-0.2, 0) is 4.74 Å². The Hall–Kier alpha value is -0.120. The molecule has 0 aromatic heterocycles. The maximum absolute atomic E-state index is 9.34. The molecule has 0 saturated heterocycles. The average molecular weight is 215 g/mol. The van der Waals surface area contributed by atoms with Gasteiger partial charge < -0.3 is 15.2 Å². The minimum atomic E-state index is 0.218. The van der Waals surface area contributed by atoms with Gasteiger partial charge in [0.15, 0.2) is 0 Å². The summed E-state index contributed by atoms with van der Waals surface area (Å²) in [4.78, 5) is 0. The predicted octanol–water partition coefficient (Wildman–Crippen LogP) is 1.41. The maximum Gasteiger partial charge on any atom is 0.0618 e. The normalized spacial score (nSPS) is 22.4. The van der Waals surface area contributed by atoms with Crippen molar-refractivity contribution in [2.75, 3.05) is 20.3 Å². The van der Waals surface area contributed by atoms with Crippen LogP contribution in [0, 0.1) is 11.8 Å². The minimum Gasteiger partial charge on any atom is -0.395 e. The fourth-order valence-electron chi connectivity index (χ4n) is 1.95. The number of aliphatic hydroxyl groups excluding tert-OH is 1. The Kier molecular flexibility index (Phi) is 5.58. The van der Waals surface area contributed by atoms with Crippen LogP contribution in [0.2, 0.25) is 0 Å². The average Bonchev–Trinajstić information content (AvgIpc) is 3.07. The number of ether oxygens (including phenoxy) is 1. The largest absolute Gasteiger partial charge is 0.395 e. The Morgan fingerprint density at radius 2 is 2.13 bits per heavy atom.